The molecule has 11 heteroatoms. The number of nitrogens with one attached hydrogen (secondary N) is 3. The van der Waals surface area contributed by atoms with Crippen LogP contribution in [0.1, 0.15) is 47.0 Å². The van der Waals surface area contributed by atoms with Crippen LogP contribution in [0, 0.1) is 5.92 Å². The van der Waals surface area contributed by atoms with Crippen LogP contribution in [0.2, 0.25) is 0 Å². The molecule has 0 heterocycles. The lowest BCUT2D eigenvalue weighted by atomic mass is 10.0. The number of carboxylic acid groups (broad SMARTS) is 1. The van der Waals surface area contributed by atoms with Crippen LogP contribution in [0.5, 0.6) is 0 Å². The van der Waals surface area contributed by atoms with E-state index in [1.807, 2.05) is 0 Å². The lowest BCUT2D eigenvalue weighted by molar-refractivity contribution is -0.145. The van der Waals surface area contributed by atoms with E-state index >= 15 is 0 Å². The van der Waals surface area contributed by atoms with Gasteiger partial charge in [0, 0.05) is 0 Å². The lowest BCUT2D eigenvalue weighted by Gasteiger charge is -2.25. The Balaban J connectivity index is 5.11. The van der Waals surface area contributed by atoms with E-state index in [4.69, 9.17) is 16.6 Å². The Hall–Kier alpha value is -2.24. The van der Waals surface area contributed by atoms with Gasteiger partial charge in [-0.3, -0.25) is 14.4 Å². The summed E-state index contributed by atoms with van der Waals surface area (Å²) in [7, 11) is 0. The molecule has 5 unspecified atom stereocenters. The third-order valence-electron chi connectivity index (χ3n) is 4.40. The van der Waals surface area contributed by atoms with E-state index in [1.54, 1.807) is 13.8 Å². The van der Waals surface area contributed by atoms with Crippen LogP contribution in [0.3, 0.4) is 0 Å². The summed E-state index contributed by atoms with van der Waals surface area (Å²) in [6.45, 7) is 6.62. The Morgan fingerprint density at radius 2 is 1.48 bits per heavy atom. The van der Waals surface area contributed by atoms with Crippen molar-refractivity contribution in [3.63, 3.8) is 0 Å². The van der Waals surface area contributed by atoms with Crippen LogP contribution in [0.15, 0.2) is 0 Å². The summed E-state index contributed by atoms with van der Waals surface area (Å²) in [5.41, 5.74) is 11.2. The van der Waals surface area contributed by atoms with Gasteiger partial charge in [-0.1, -0.05) is 13.8 Å². The van der Waals surface area contributed by atoms with Crippen molar-refractivity contribution >= 4 is 23.7 Å². The molecule has 0 radical (unpaired) electrons. The minimum absolute atomic E-state index is 0.117. The first-order valence-corrected chi connectivity index (χ1v) is 9.69. The number of unbranched alkanes of at least 4 members (excludes halogenated alkanes) is 1. The molecule has 0 saturated heterocycles. The van der Waals surface area contributed by atoms with Crippen LogP contribution < -0.4 is 27.4 Å². The maximum absolute atomic E-state index is 12.5. The minimum atomic E-state index is -1.52. The molecule has 0 aliphatic carbocycles. The maximum atomic E-state index is 12.5. The van der Waals surface area contributed by atoms with Crippen LogP contribution in [-0.2, 0) is 19.2 Å². The number of aliphatic carboxylic acids is 1. The fraction of sp³-hybridized carbons (Fsp3) is 0.778. The molecule has 0 aromatic carbocycles. The molecular weight excluding hydrogens is 382 g/mol. The Labute approximate surface area is 171 Å². The molecule has 0 aliphatic heterocycles. The Bertz CT molecular complexity index is 569. The van der Waals surface area contributed by atoms with Crippen molar-refractivity contribution in [3.8, 4) is 0 Å². The molecule has 0 spiro atoms. The second-order valence-electron chi connectivity index (χ2n) is 7.41. The smallest absolute Gasteiger partial charge is 0.328 e. The standard InChI is InChI=1S/C18H35N5O6/c1-9(2)13(20)17(27)21-10(3)15(25)22-12(7-5-6-8-19)16(26)23-14(11(4)24)18(28)29/h9-14,24H,5-8,19-20H2,1-4H3,(H,21,27)(H,22,25)(H,23,26)(H,28,29). The number of amides is 3. The van der Waals surface area contributed by atoms with E-state index in [0.29, 0.717) is 19.4 Å². The fourth-order valence-corrected chi connectivity index (χ4v) is 2.38. The SMILES string of the molecule is CC(NC(=O)C(N)C(C)C)C(=O)NC(CCCCN)C(=O)NC(C(=O)O)C(C)O. The number of aliphatic hydroxyl groups is 1. The van der Waals surface area contributed by atoms with Gasteiger partial charge >= 0.3 is 5.97 Å². The van der Waals surface area contributed by atoms with Gasteiger partial charge in [0.15, 0.2) is 6.04 Å². The molecule has 168 valence electrons. The lowest BCUT2D eigenvalue weighted by Crippen LogP contribution is -2.58. The number of hydrogen-bond donors (Lipinski definition) is 7. The minimum Gasteiger partial charge on any atom is -0.480 e. The summed E-state index contributed by atoms with van der Waals surface area (Å²) in [6.07, 6.45) is 0.00829. The van der Waals surface area contributed by atoms with Gasteiger partial charge in [-0.2, -0.15) is 0 Å². The molecule has 29 heavy (non-hydrogen) atoms. The summed E-state index contributed by atoms with van der Waals surface area (Å²) in [4.78, 5) is 48.1. The molecule has 5 atom stereocenters. The third kappa shape index (κ3) is 9.68. The van der Waals surface area contributed by atoms with Gasteiger partial charge in [0.1, 0.15) is 12.1 Å². The van der Waals surface area contributed by atoms with Gasteiger partial charge in [0.05, 0.1) is 12.1 Å². The predicted molar refractivity (Wildman–Crippen MR) is 107 cm³/mol. The van der Waals surface area contributed by atoms with E-state index in [-0.39, 0.29) is 12.3 Å². The fourth-order valence-electron chi connectivity index (χ4n) is 2.38. The van der Waals surface area contributed by atoms with E-state index in [0.717, 1.165) is 0 Å². The number of aliphatic hydroxyl groups excluding tert-OH is 1. The largest absolute Gasteiger partial charge is 0.480 e. The van der Waals surface area contributed by atoms with Gasteiger partial charge in [0.25, 0.3) is 0 Å². The molecule has 3 amide bonds. The highest BCUT2D eigenvalue weighted by atomic mass is 16.4. The highest BCUT2D eigenvalue weighted by Crippen LogP contribution is 2.04. The van der Waals surface area contributed by atoms with Gasteiger partial charge in [-0.05, 0) is 45.6 Å². The van der Waals surface area contributed by atoms with E-state index < -0.39 is 54.0 Å². The molecule has 0 rings (SSSR count). The number of carbonyl (C=O) groups is 4. The van der Waals surface area contributed by atoms with Gasteiger partial charge in [0.2, 0.25) is 17.7 Å². The maximum Gasteiger partial charge on any atom is 0.328 e. The van der Waals surface area contributed by atoms with Gasteiger partial charge < -0.3 is 37.6 Å². The average molecular weight is 418 g/mol. The summed E-state index contributed by atoms with van der Waals surface area (Å²) in [5.74, 6) is -3.38. The van der Waals surface area contributed by atoms with E-state index in [2.05, 4.69) is 16.0 Å². The number of carbonyl (C=O) groups excluding carboxylic acids is 3. The first kappa shape index (κ1) is 26.8. The topological polar surface area (TPSA) is 197 Å². The van der Waals surface area contributed by atoms with Gasteiger partial charge in [-0.25, -0.2) is 4.79 Å². The third-order valence-corrected chi connectivity index (χ3v) is 4.40. The highest BCUT2D eigenvalue weighted by Gasteiger charge is 2.30. The molecule has 0 saturated carbocycles. The molecule has 0 aliphatic rings. The summed E-state index contributed by atoms with van der Waals surface area (Å²) < 4.78 is 0. The summed E-state index contributed by atoms with van der Waals surface area (Å²) in [5, 5.41) is 25.9. The van der Waals surface area contributed by atoms with Crippen molar-refractivity contribution in [2.24, 2.45) is 17.4 Å². The molecule has 9 N–H and O–H groups in total. The van der Waals surface area contributed by atoms with Crippen LogP contribution >= 0.6 is 0 Å². The second kappa shape index (κ2) is 13.1. The van der Waals surface area contributed by atoms with Crippen molar-refractivity contribution in [1.29, 1.82) is 0 Å². The second-order valence-corrected chi connectivity index (χ2v) is 7.41. The van der Waals surface area contributed by atoms with Crippen molar-refractivity contribution in [2.45, 2.75) is 77.2 Å². The van der Waals surface area contributed by atoms with Crippen molar-refractivity contribution in [2.75, 3.05) is 6.54 Å². The zero-order chi connectivity index (χ0) is 22.7. The number of carboxylic acids is 1. The summed E-state index contributed by atoms with van der Waals surface area (Å²) >= 11 is 0. The van der Waals surface area contributed by atoms with Crippen LogP contribution in [-0.4, -0.2) is 70.7 Å². The molecule has 11 nitrogen and oxygen atoms in total. The van der Waals surface area contributed by atoms with Crippen molar-refractivity contribution in [1.82, 2.24) is 16.0 Å². The normalized spacial score (nSPS) is 16.3. The van der Waals surface area contributed by atoms with E-state index in [1.165, 1.54) is 13.8 Å². The van der Waals surface area contributed by atoms with Crippen LogP contribution in [0.25, 0.3) is 0 Å². The van der Waals surface area contributed by atoms with Crippen molar-refractivity contribution < 1.29 is 29.4 Å². The Kier molecular flexibility index (Phi) is 12.1. The highest BCUT2D eigenvalue weighted by molar-refractivity contribution is 5.94. The summed E-state index contributed by atoms with van der Waals surface area (Å²) in [6, 6.07) is -4.30. The zero-order valence-corrected chi connectivity index (χ0v) is 17.5. The quantitative estimate of drug-likeness (QED) is 0.168. The molecule has 0 aromatic rings. The molecule has 0 fully saturated rings. The first-order chi connectivity index (χ1) is 13.4. The van der Waals surface area contributed by atoms with Crippen LogP contribution in [0.4, 0.5) is 0 Å². The Morgan fingerprint density at radius 3 is 1.93 bits per heavy atom. The molecular formula is C18H35N5O6. The number of rotatable bonds is 13. The Morgan fingerprint density at radius 1 is 0.897 bits per heavy atom. The molecule has 0 bridgehead atoms. The van der Waals surface area contributed by atoms with E-state index in [9.17, 15) is 24.3 Å². The average Bonchev–Trinajstić information content (AvgIpc) is 2.63. The zero-order valence-electron chi connectivity index (χ0n) is 17.5. The number of hydrogen-bond acceptors (Lipinski definition) is 7. The van der Waals surface area contributed by atoms with Gasteiger partial charge in [-0.15, -0.1) is 0 Å². The number of nitrogens with two attached hydrogens (primary N) is 2. The van der Waals surface area contributed by atoms with Crippen molar-refractivity contribution in [3.05, 3.63) is 0 Å². The monoisotopic (exact) mass is 417 g/mol. The molecule has 0 aromatic heterocycles. The predicted octanol–water partition coefficient (Wildman–Crippen LogP) is -1.96. The first-order valence-electron chi connectivity index (χ1n) is 9.69.